The Hall–Kier alpha value is -2.36. The van der Waals surface area contributed by atoms with E-state index in [1.807, 2.05) is 0 Å². The Bertz CT molecular complexity index is 680. The molecule has 2 rings (SSSR count). The Balaban J connectivity index is 2.27. The van der Waals surface area contributed by atoms with Crippen molar-refractivity contribution in [1.82, 2.24) is 0 Å². The van der Waals surface area contributed by atoms with Crippen molar-refractivity contribution in [2.45, 2.75) is 20.8 Å². The third-order valence-electron chi connectivity index (χ3n) is 3.21. The molecule has 0 saturated carbocycles. The van der Waals surface area contributed by atoms with Crippen LogP contribution in [0.2, 0.25) is 0 Å². The minimum atomic E-state index is -0.335. The van der Waals surface area contributed by atoms with Crippen molar-refractivity contribution in [2.75, 3.05) is 5.32 Å². The molecule has 0 spiro atoms. The first-order valence-corrected chi connectivity index (χ1v) is 6.26. The summed E-state index contributed by atoms with van der Waals surface area (Å²) in [5, 5.41) is 12.4. The fourth-order valence-corrected chi connectivity index (χ4v) is 1.92. The summed E-state index contributed by atoms with van der Waals surface area (Å²) < 4.78 is 13.2. The van der Waals surface area contributed by atoms with Crippen molar-refractivity contribution in [1.29, 1.82) is 0 Å². The smallest absolute Gasteiger partial charge is 0.255 e. The summed E-state index contributed by atoms with van der Waals surface area (Å²) in [7, 11) is 0. The van der Waals surface area contributed by atoms with Gasteiger partial charge in [0.15, 0.2) is 0 Å². The van der Waals surface area contributed by atoms with Crippen LogP contribution in [-0.2, 0) is 0 Å². The molecular formula is C16H16FNO2. The lowest BCUT2D eigenvalue weighted by Gasteiger charge is -2.11. The van der Waals surface area contributed by atoms with Gasteiger partial charge in [-0.3, -0.25) is 4.79 Å². The average molecular weight is 273 g/mol. The number of phenols is 1. The second kappa shape index (κ2) is 5.33. The third kappa shape index (κ3) is 2.79. The highest BCUT2D eigenvalue weighted by Gasteiger charge is 2.11. The van der Waals surface area contributed by atoms with Crippen LogP contribution in [-0.4, -0.2) is 11.0 Å². The van der Waals surface area contributed by atoms with Crippen molar-refractivity contribution >= 4 is 11.6 Å². The fraction of sp³-hybridized carbons (Fsp3) is 0.188. The minimum Gasteiger partial charge on any atom is -0.508 e. The molecule has 0 aliphatic rings. The van der Waals surface area contributed by atoms with Crippen LogP contribution in [0.3, 0.4) is 0 Å². The molecule has 0 saturated heterocycles. The molecule has 3 nitrogen and oxygen atoms in total. The van der Waals surface area contributed by atoms with Gasteiger partial charge in [0.1, 0.15) is 11.6 Å². The third-order valence-corrected chi connectivity index (χ3v) is 3.21. The number of phenolic OH excluding ortho intramolecular Hbond substituents is 1. The van der Waals surface area contributed by atoms with E-state index in [-0.39, 0.29) is 17.5 Å². The van der Waals surface area contributed by atoms with Crippen molar-refractivity contribution < 1.29 is 14.3 Å². The van der Waals surface area contributed by atoms with E-state index in [1.54, 1.807) is 32.9 Å². The first kappa shape index (κ1) is 14.1. The number of amides is 1. The molecule has 2 aromatic rings. The van der Waals surface area contributed by atoms with E-state index >= 15 is 0 Å². The zero-order valence-corrected chi connectivity index (χ0v) is 11.6. The summed E-state index contributed by atoms with van der Waals surface area (Å²) in [5.74, 6) is -0.447. The highest BCUT2D eigenvalue weighted by molar-refractivity contribution is 6.04. The van der Waals surface area contributed by atoms with Gasteiger partial charge in [-0.1, -0.05) is 0 Å². The van der Waals surface area contributed by atoms with Gasteiger partial charge >= 0.3 is 0 Å². The van der Waals surface area contributed by atoms with Gasteiger partial charge in [-0.05, 0) is 67.8 Å². The predicted molar refractivity (Wildman–Crippen MR) is 76.7 cm³/mol. The maximum absolute atomic E-state index is 13.2. The summed E-state index contributed by atoms with van der Waals surface area (Å²) >= 11 is 0. The number of carbonyl (C=O) groups is 1. The van der Waals surface area contributed by atoms with Gasteiger partial charge in [-0.2, -0.15) is 0 Å². The van der Waals surface area contributed by atoms with Crippen molar-refractivity contribution in [3.05, 3.63) is 58.4 Å². The van der Waals surface area contributed by atoms with E-state index in [2.05, 4.69) is 5.32 Å². The van der Waals surface area contributed by atoms with Crippen LogP contribution in [0.15, 0.2) is 30.3 Å². The van der Waals surface area contributed by atoms with E-state index in [9.17, 15) is 14.3 Å². The van der Waals surface area contributed by atoms with Gasteiger partial charge in [-0.15, -0.1) is 0 Å². The van der Waals surface area contributed by atoms with Gasteiger partial charge in [-0.25, -0.2) is 4.39 Å². The van der Waals surface area contributed by atoms with Gasteiger partial charge in [0.05, 0.1) is 0 Å². The lowest BCUT2D eigenvalue weighted by molar-refractivity contribution is 0.102. The molecule has 0 atom stereocenters. The molecule has 0 bridgehead atoms. The Morgan fingerprint density at radius 2 is 1.75 bits per heavy atom. The minimum absolute atomic E-state index is 0.193. The topological polar surface area (TPSA) is 49.3 Å². The highest BCUT2D eigenvalue weighted by atomic mass is 19.1. The summed E-state index contributed by atoms with van der Waals surface area (Å²) in [4.78, 5) is 12.1. The monoisotopic (exact) mass is 273 g/mol. The van der Waals surface area contributed by atoms with E-state index in [1.165, 1.54) is 18.2 Å². The summed E-state index contributed by atoms with van der Waals surface area (Å²) in [5.41, 5.74) is 2.90. The largest absolute Gasteiger partial charge is 0.508 e. The van der Waals surface area contributed by atoms with Crippen LogP contribution >= 0.6 is 0 Å². The molecule has 2 N–H and O–H groups in total. The van der Waals surface area contributed by atoms with Gasteiger partial charge in [0.2, 0.25) is 0 Å². The van der Waals surface area contributed by atoms with E-state index in [0.717, 1.165) is 5.56 Å². The predicted octanol–water partition coefficient (Wildman–Crippen LogP) is 3.71. The molecule has 0 unspecified atom stereocenters. The lowest BCUT2D eigenvalue weighted by atomic mass is 10.1. The Morgan fingerprint density at radius 1 is 1.05 bits per heavy atom. The molecule has 0 radical (unpaired) electrons. The quantitative estimate of drug-likeness (QED) is 0.819. The number of hydrogen-bond acceptors (Lipinski definition) is 2. The molecule has 2 aromatic carbocycles. The first-order chi connectivity index (χ1) is 9.38. The number of benzene rings is 2. The number of carbonyl (C=O) groups excluding carboxylic acids is 1. The SMILES string of the molecule is Cc1cc(NC(=O)c2ccc(F)c(C)c2)c(C)cc1O. The number of nitrogens with one attached hydrogen (secondary N) is 1. The molecule has 0 aliphatic heterocycles. The Kier molecular flexibility index (Phi) is 3.74. The van der Waals surface area contributed by atoms with E-state index in [0.29, 0.717) is 22.4 Å². The van der Waals surface area contributed by atoms with Gasteiger partial charge in [0, 0.05) is 11.3 Å². The summed E-state index contributed by atoms with van der Waals surface area (Å²) in [6.07, 6.45) is 0. The highest BCUT2D eigenvalue weighted by Crippen LogP contribution is 2.25. The lowest BCUT2D eigenvalue weighted by Crippen LogP contribution is -2.13. The van der Waals surface area contributed by atoms with Crippen molar-refractivity contribution in [3.8, 4) is 5.75 Å². The molecule has 0 aliphatic carbocycles. The molecular weight excluding hydrogens is 257 g/mol. The first-order valence-electron chi connectivity index (χ1n) is 6.26. The number of aryl methyl sites for hydroxylation is 3. The van der Waals surface area contributed by atoms with Crippen LogP contribution in [0.25, 0.3) is 0 Å². The molecule has 0 heterocycles. The second-order valence-corrected chi connectivity index (χ2v) is 4.87. The number of anilines is 1. The fourth-order valence-electron chi connectivity index (χ4n) is 1.92. The summed E-state index contributed by atoms with van der Waals surface area (Å²) in [6.45, 7) is 5.17. The normalized spacial score (nSPS) is 10.4. The van der Waals surface area contributed by atoms with Crippen molar-refractivity contribution in [3.63, 3.8) is 0 Å². The number of aromatic hydroxyl groups is 1. The second-order valence-electron chi connectivity index (χ2n) is 4.87. The van der Waals surface area contributed by atoms with Gasteiger partial charge < -0.3 is 10.4 Å². The average Bonchev–Trinajstić information content (AvgIpc) is 2.39. The van der Waals surface area contributed by atoms with Crippen LogP contribution in [0.5, 0.6) is 5.75 Å². The van der Waals surface area contributed by atoms with E-state index < -0.39 is 0 Å². The summed E-state index contributed by atoms with van der Waals surface area (Å²) in [6, 6.07) is 7.53. The maximum Gasteiger partial charge on any atom is 0.255 e. The molecule has 0 fully saturated rings. The number of rotatable bonds is 2. The molecule has 4 heteroatoms. The van der Waals surface area contributed by atoms with Crippen LogP contribution < -0.4 is 5.32 Å². The molecule has 1 amide bonds. The van der Waals surface area contributed by atoms with Crippen LogP contribution in [0, 0.1) is 26.6 Å². The van der Waals surface area contributed by atoms with Crippen LogP contribution in [0.4, 0.5) is 10.1 Å². The standard InChI is InChI=1S/C16H16FNO2/c1-9-6-12(4-5-13(9)17)16(20)18-14-7-11(3)15(19)8-10(14)2/h4-8,19H,1-3H3,(H,18,20). The van der Waals surface area contributed by atoms with E-state index in [4.69, 9.17) is 0 Å². The molecule has 20 heavy (non-hydrogen) atoms. The maximum atomic E-state index is 13.2. The molecule has 0 aromatic heterocycles. The van der Waals surface area contributed by atoms with Crippen molar-refractivity contribution in [2.24, 2.45) is 0 Å². The number of halogens is 1. The zero-order valence-electron chi connectivity index (χ0n) is 11.6. The number of hydrogen-bond donors (Lipinski definition) is 2. The molecule has 104 valence electrons. The van der Waals surface area contributed by atoms with Crippen LogP contribution in [0.1, 0.15) is 27.0 Å². The Morgan fingerprint density at radius 3 is 2.40 bits per heavy atom. The van der Waals surface area contributed by atoms with Gasteiger partial charge in [0.25, 0.3) is 5.91 Å². The zero-order chi connectivity index (χ0) is 14.9. The Labute approximate surface area is 117 Å².